The predicted octanol–water partition coefficient (Wildman–Crippen LogP) is 3.51. The minimum absolute atomic E-state index is 0.224. The Labute approximate surface area is 121 Å². The molecule has 20 heavy (non-hydrogen) atoms. The van der Waals surface area contributed by atoms with Gasteiger partial charge < -0.3 is 5.32 Å². The molecule has 0 radical (unpaired) electrons. The molecule has 1 fully saturated rings. The fourth-order valence-electron chi connectivity index (χ4n) is 2.85. The molecule has 2 rings (SSSR count). The number of hydrogen-bond acceptors (Lipinski definition) is 3. The number of benzene rings is 1. The minimum atomic E-state index is 0.224. The van der Waals surface area contributed by atoms with E-state index in [0.29, 0.717) is 18.0 Å². The molecular weight excluding hydrogens is 246 g/mol. The molecule has 1 aromatic carbocycles. The molecule has 0 saturated heterocycles. The third kappa shape index (κ3) is 3.83. The molecule has 3 nitrogen and oxygen atoms in total. The van der Waals surface area contributed by atoms with Crippen LogP contribution < -0.4 is 5.32 Å². The van der Waals surface area contributed by atoms with E-state index < -0.39 is 0 Å². The van der Waals surface area contributed by atoms with Crippen molar-refractivity contribution in [2.75, 3.05) is 0 Å². The standard InChI is InChI=1S/C17H21N3/c1-17(10-11-18)8-6-16(7-9-17)20-13-15-4-2-14(12-19)3-5-15/h2-5,16,20H,6-10,13H2,1H3/t16-,17+. The first-order chi connectivity index (χ1) is 9.65. The summed E-state index contributed by atoms with van der Waals surface area (Å²) in [5.74, 6) is 0. The van der Waals surface area contributed by atoms with E-state index in [2.05, 4.69) is 24.4 Å². The van der Waals surface area contributed by atoms with Crippen molar-refractivity contribution < 1.29 is 0 Å². The van der Waals surface area contributed by atoms with Crippen LogP contribution in [0.1, 0.15) is 50.2 Å². The van der Waals surface area contributed by atoms with Crippen LogP contribution in [0.15, 0.2) is 24.3 Å². The molecule has 0 unspecified atom stereocenters. The maximum absolute atomic E-state index is 8.86. The van der Waals surface area contributed by atoms with E-state index >= 15 is 0 Å². The van der Waals surface area contributed by atoms with Gasteiger partial charge in [0.2, 0.25) is 0 Å². The number of nitrogens with zero attached hydrogens (tertiary/aromatic N) is 2. The Bertz CT molecular complexity index is 511. The highest BCUT2D eigenvalue weighted by molar-refractivity contribution is 5.31. The summed E-state index contributed by atoms with van der Waals surface area (Å²) in [6, 6.07) is 12.7. The zero-order chi connectivity index (χ0) is 14.4. The monoisotopic (exact) mass is 267 g/mol. The van der Waals surface area contributed by atoms with E-state index in [4.69, 9.17) is 10.5 Å². The second-order valence-electron chi connectivity index (χ2n) is 6.11. The average Bonchev–Trinajstić information content (AvgIpc) is 2.47. The van der Waals surface area contributed by atoms with Gasteiger partial charge in [0.25, 0.3) is 0 Å². The van der Waals surface area contributed by atoms with Crippen molar-refractivity contribution in [2.24, 2.45) is 5.41 Å². The Hall–Kier alpha value is -1.84. The highest BCUT2D eigenvalue weighted by Crippen LogP contribution is 2.38. The van der Waals surface area contributed by atoms with Gasteiger partial charge in [-0.3, -0.25) is 0 Å². The first-order valence-electron chi connectivity index (χ1n) is 7.25. The number of rotatable bonds is 4. The van der Waals surface area contributed by atoms with Crippen LogP contribution >= 0.6 is 0 Å². The third-order valence-electron chi connectivity index (χ3n) is 4.38. The lowest BCUT2D eigenvalue weighted by Gasteiger charge is -2.36. The summed E-state index contributed by atoms with van der Waals surface area (Å²) in [6.45, 7) is 3.08. The molecule has 0 atom stereocenters. The molecule has 1 aromatic rings. The van der Waals surface area contributed by atoms with Gasteiger partial charge in [0, 0.05) is 19.0 Å². The Kier molecular flexibility index (Phi) is 4.77. The summed E-state index contributed by atoms with van der Waals surface area (Å²) in [5, 5.41) is 21.2. The van der Waals surface area contributed by atoms with Crippen molar-refractivity contribution in [1.29, 1.82) is 10.5 Å². The highest BCUT2D eigenvalue weighted by Gasteiger charge is 2.30. The van der Waals surface area contributed by atoms with Crippen LogP contribution in [0, 0.1) is 28.1 Å². The zero-order valence-corrected chi connectivity index (χ0v) is 12.0. The lowest BCUT2D eigenvalue weighted by Crippen LogP contribution is -2.36. The van der Waals surface area contributed by atoms with Crippen molar-refractivity contribution in [2.45, 2.75) is 51.6 Å². The molecular formula is C17H21N3. The maximum Gasteiger partial charge on any atom is 0.0991 e. The number of hydrogen-bond donors (Lipinski definition) is 1. The number of nitrogens with one attached hydrogen (secondary N) is 1. The van der Waals surface area contributed by atoms with Crippen molar-refractivity contribution in [1.82, 2.24) is 5.32 Å². The Morgan fingerprint density at radius 2 is 1.85 bits per heavy atom. The van der Waals surface area contributed by atoms with Gasteiger partial charge in [0.15, 0.2) is 0 Å². The quantitative estimate of drug-likeness (QED) is 0.908. The summed E-state index contributed by atoms with van der Waals surface area (Å²) < 4.78 is 0. The van der Waals surface area contributed by atoms with Crippen molar-refractivity contribution in [3.63, 3.8) is 0 Å². The topological polar surface area (TPSA) is 59.6 Å². The summed E-state index contributed by atoms with van der Waals surface area (Å²) in [6.07, 6.45) is 5.23. The Morgan fingerprint density at radius 3 is 2.40 bits per heavy atom. The SMILES string of the molecule is C[C@]1(CC#N)CC[C@@H](NCc2ccc(C#N)cc2)CC1. The van der Waals surface area contributed by atoms with Crippen LogP contribution in [0.2, 0.25) is 0 Å². The minimum Gasteiger partial charge on any atom is -0.310 e. The van der Waals surface area contributed by atoms with Crippen LogP contribution in [-0.4, -0.2) is 6.04 Å². The fourth-order valence-corrected chi connectivity index (χ4v) is 2.85. The largest absolute Gasteiger partial charge is 0.310 e. The summed E-state index contributed by atoms with van der Waals surface area (Å²) in [4.78, 5) is 0. The van der Waals surface area contributed by atoms with Gasteiger partial charge >= 0.3 is 0 Å². The molecule has 0 aliphatic heterocycles. The van der Waals surface area contributed by atoms with Gasteiger partial charge in [-0.05, 0) is 48.8 Å². The molecule has 0 aromatic heterocycles. The molecule has 0 bridgehead atoms. The van der Waals surface area contributed by atoms with Crippen LogP contribution in [-0.2, 0) is 6.54 Å². The van der Waals surface area contributed by atoms with Gasteiger partial charge in [-0.25, -0.2) is 0 Å². The highest BCUT2D eigenvalue weighted by atomic mass is 14.9. The molecule has 1 saturated carbocycles. The Balaban J connectivity index is 1.79. The molecule has 104 valence electrons. The molecule has 0 heterocycles. The smallest absolute Gasteiger partial charge is 0.0991 e. The van der Waals surface area contributed by atoms with E-state index in [0.717, 1.165) is 32.2 Å². The number of nitriles is 2. The molecule has 1 aliphatic rings. The first kappa shape index (κ1) is 14.6. The summed E-state index contributed by atoms with van der Waals surface area (Å²) in [5.41, 5.74) is 2.15. The van der Waals surface area contributed by atoms with Crippen LogP contribution in [0.25, 0.3) is 0 Å². The second kappa shape index (κ2) is 6.55. The van der Waals surface area contributed by atoms with Crippen molar-refractivity contribution >= 4 is 0 Å². The molecule has 1 N–H and O–H groups in total. The van der Waals surface area contributed by atoms with E-state index in [1.165, 1.54) is 5.56 Å². The molecule has 3 heteroatoms. The lowest BCUT2D eigenvalue weighted by atomic mass is 9.72. The molecule has 1 aliphatic carbocycles. The van der Waals surface area contributed by atoms with Crippen LogP contribution in [0.5, 0.6) is 0 Å². The van der Waals surface area contributed by atoms with Gasteiger partial charge in [0.1, 0.15) is 0 Å². The zero-order valence-electron chi connectivity index (χ0n) is 12.0. The van der Waals surface area contributed by atoms with Crippen LogP contribution in [0.3, 0.4) is 0 Å². The lowest BCUT2D eigenvalue weighted by molar-refractivity contribution is 0.188. The van der Waals surface area contributed by atoms with Crippen molar-refractivity contribution in [3.05, 3.63) is 35.4 Å². The molecule has 0 amide bonds. The Morgan fingerprint density at radius 1 is 1.20 bits per heavy atom. The van der Waals surface area contributed by atoms with Gasteiger partial charge in [0.05, 0.1) is 17.7 Å². The normalized spacial score (nSPS) is 25.6. The van der Waals surface area contributed by atoms with E-state index in [1.54, 1.807) is 0 Å². The third-order valence-corrected chi connectivity index (χ3v) is 4.38. The second-order valence-corrected chi connectivity index (χ2v) is 6.11. The summed E-state index contributed by atoms with van der Waals surface area (Å²) in [7, 11) is 0. The average molecular weight is 267 g/mol. The van der Waals surface area contributed by atoms with E-state index in [9.17, 15) is 0 Å². The predicted molar refractivity (Wildman–Crippen MR) is 78.6 cm³/mol. The first-order valence-corrected chi connectivity index (χ1v) is 7.25. The summed E-state index contributed by atoms with van der Waals surface area (Å²) >= 11 is 0. The van der Waals surface area contributed by atoms with Crippen LogP contribution in [0.4, 0.5) is 0 Å². The van der Waals surface area contributed by atoms with Crippen molar-refractivity contribution in [3.8, 4) is 12.1 Å². The van der Waals surface area contributed by atoms with Gasteiger partial charge in [-0.15, -0.1) is 0 Å². The fraction of sp³-hybridized carbons (Fsp3) is 0.529. The van der Waals surface area contributed by atoms with E-state index in [-0.39, 0.29) is 5.41 Å². The molecule has 0 spiro atoms. The van der Waals surface area contributed by atoms with E-state index in [1.807, 2.05) is 24.3 Å². The van der Waals surface area contributed by atoms with Gasteiger partial charge in [-0.1, -0.05) is 19.1 Å². The maximum atomic E-state index is 8.86. The van der Waals surface area contributed by atoms with Gasteiger partial charge in [-0.2, -0.15) is 10.5 Å².